The number of nitrogens with zero attached hydrogens (tertiary/aromatic N) is 2. The molecular formula is C23H22ClN3O4. The Kier molecular flexibility index (Phi) is 4.65. The molecule has 0 saturated heterocycles. The van der Waals surface area contributed by atoms with E-state index in [0.717, 1.165) is 29.7 Å². The van der Waals surface area contributed by atoms with Gasteiger partial charge >= 0.3 is 0 Å². The number of amidine groups is 1. The maximum atomic E-state index is 13.1. The molecule has 2 aliphatic rings. The summed E-state index contributed by atoms with van der Waals surface area (Å²) in [5, 5.41) is 0.813. The highest BCUT2D eigenvalue weighted by Crippen LogP contribution is 2.42. The molecule has 5 rings (SSSR count). The lowest BCUT2D eigenvalue weighted by Gasteiger charge is -2.19. The molecular weight excluding hydrogens is 418 g/mol. The van der Waals surface area contributed by atoms with E-state index in [0.29, 0.717) is 33.9 Å². The molecule has 0 amide bonds. The van der Waals surface area contributed by atoms with E-state index in [9.17, 15) is 4.79 Å². The number of halogens is 1. The smallest absolute Gasteiger partial charge is 0.195 e. The molecule has 1 aliphatic carbocycles. The molecule has 2 aromatic heterocycles. The van der Waals surface area contributed by atoms with Crippen LogP contribution in [0, 0.1) is 13.8 Å². The average Bonchev–Trinajstić information content (AvgIpc) is 3.51. The number of ether oxygens (including phenoxy) is 1. The van der Waals surface area contributed by atoms with Gasteiger partial charge < -0.3 is 9.15 Å². The first-order chi connectivity index (χ1) is 15.3. The van der Waals surface area contributed by atoms with Crippen molar-refractivity contribution in [3.8, 4) is 5.75 Å². The predicted octanol–water partition coefficient (Wildman–Crippen LogP) is 4.71. The van der Waals surface area contributed by atoms with E-state index in [1.54, 1.807) is 12.1 Å². The van der Waals surface area contributed by atoms with Gasteiger partial charge in [-0.25, -0.2) is 15.5 Å². The van der Waals surface area contributed by atoms with Crippen molar-refractivity contribution in [2.45, 2.75) is 45.6 Å². The Hall–Kier alpha value is -2.90. The molecule has 160 valence electrons. The Balaban J connectivity index is 1.59. The zero-order valence-electron chi connectivity index (χ0n) is 18.4. The molecule has 3 aromatic rings. The van der Waals surface area contributed by atoms with Gasteiger partial charge in [0.2, 0.25) is 0 Å². The number of hydrogen-bond acceptors (Lipinski definition) is 7. The van der Waals surface area contributed by atoms with E-state index in [-0.39, 0.29) is 16.4 Å². The summed E-state index contributed by atoms with van der Waals surface area (Å²) in [4.78, 5) is 26.4. The number of aromatic nitrogens is 1. The highest BCUT2D eigenvalue weighted by molar-refractivity contribution is 6.29. The van der Waals surface area contributed by atoms with Crippen molar-refractivity contribution in [2.75, 3.05) is 6.71 Å². The molecule has 1 unspecified atom stereocenters. The van der Waals surface area contributed by atoms with Gasteiger partial charge in [-0.3, -0.25) is 9.63 Å². The van der Waals surface area contributed by atoms with Crippen LogP contribution in [0.4, 0.5) is 0 Å². The molecule has 31 heavy (non-hydrogen) atoms. The molecule has 1 aromatic carbocycles. The fourth-order valence-electron chi connectivity index (χ4n) is 3.86. The van der Waals surface area contributed by atoms with Crippen LogP contribution in [0.1, 0.15) is 61.3 Å². The van der Waals surface area contributed by atoms with E-state index < -0.39 is 12.8 Å². The van der Waals surface area contributed by atoms with Gasteiger partial charge in [0.15, 0.2) is 23.7 Å². The van der Waals surface area contributed by atoms with Crippen molar-refractivity contribution in [1.82, 2.24) is 10.5 Å². The van der Waals surface area contributed by atoms with Crippen LogP contribution in [-0.4, -0.2) is 17.5 Å². The first kappa shape index (κ1) is 18.8. The number of benzene rings is 1. The molecule has 7 nitrogen and oxygen atoms in total. The van der Waals surface area contributed by atoms with Gasteiger partial charge in [0, 0.05) is 17.0 Å². The van der Waals surface area contributed by atoms with Gasteiger partial charge in [-0.1, -0.05) is 11.6 Å². The molecule has 0 spiro atoms. The zero-order chi connectivity index (χ0) is 22.6. The second kappa shape index (κ2) is 7.66. The van der Waals surface area contributed by atoms with Gasteiger partial charge in [-0.2, -0.15) is 0 Å². The van der Waals surface area contributed by atoms with Crippen LogP contribution in [0.5, 0.6) is 5.75 Å². The second-order valence-electron chi connectivity index (χ2n) is 7.97. The standard InChI is InChI=1S/C23H22ClN3O4/c1-11-8-15(22-16(9-11)20(28)12(2)21(31-22)14-4-5-14)13(3)30-17-6-7-18(24)26-19(17)23-25-10-29-27-23/h6-9,13-14H,4-5,10H2,1-3H3,(H,25,27)/t13-/m1/s1/i10D/t10?,13-. The Morgan fingerprint density at radius 1 is 1.32 bits per heavy atom. The number of rotatable bonds is 5. The molecule has 2 atom stereocenters. The van der Waals surface area contributed by atoms with Gasteiger partial charge in [-0.05, 0) is 63.4 Å². The minimum Gasteiger partial charge on any atom is -0.483 e. The molecule has 1 N–H and O–H groups in total. The SMILES string of the molecule is [2H]C1N=C(c2nc(Cl)ccc2O[C@H](C)c2cc(C)cc3c(=O)c(C)c(C4CC4)oc23)NO1. The quantitative estimate of drug-likeness (QED) is 0.578. The fourth-order valence-corrected chi connectivity index (χ4v) is 4.01. The normalized spacial score (nSPS) is 19.7. The lowest BCUT2D eigenvalue weighted by molar-refractivity contribution is 0.115. The van der Waals surface area contributed by atoms with E-state index in [4.69, 9.17) is 27.0 Å². The number of fused-ring (bicyclic) bond motifs is 1. The van der Waals surface area contributed by atoms with Crippen LogP contribution in [0.15, 0.2) is 38.5 Å². The van der Waals surface area contributed by atoms with Gasteiger partial charge in [0.05, 0.1) is 6.76 Å². The average molecular weight is 441 g/mol. The molecule has 0 bridgehead atoms. The summed E-state index contributed by atoms with van der Waals surface area (Å²) in [5.41, 5.74) is 5.88. The van der Waals surface area contributed by atoms with Gasteiger partial charge in [-0.15, -0.1) is 0 Å². The van der Waals surface area contributed by atoms with Gasteiger partial charge in [0.25, 0.3) is 0 Å². The van der Waals surface area contributed by atoms with Crippen molar-refractivity contribution in [1.29, 1.82) is 0 Å². The Morgan fingerprint density at radius 2 is 2.13 bits per heavy atom. The maximum Gasteiger partial charge on any atom is 0.195 e. The van der Waals surface area contributed by atoms with E-state index >= 15 is 0 Å². The lowest BCUT2D eigenvalue weighted by atomic mass is 10.0. The number of pyridine rings is 1. The minimum absolute atomic E-state index is 0.00213. The summed E-state index contributed by atoms with van der Waals surface area (Å²) in [6, 6.07) is 7.14. The van der Waals surface area contributed by atoms with Crippen LogP contribution in [0.2, 0.25) is 5.15 Å². The lowest BCUT2D eigenvalue weighted by Crippen LogP contribution is -2.21. The van der Waals surface area contributed by atoms with Gasteiger partial charge in [0.1, 0.15) is 28.3 Å². The number of hydrogen-bond donors (Lipinski definition) is 1. The van der Waals surface area contributed by atoms with Crippen molar-refractivity contribution in [3.63, 3.8) is 0 Å². The molecule has 0 radical (unpaired) electrons. The molecule has 3 heterocycles. The van der Waals surface area contributed by atoms with Crippen LogP contribution in [-0.2, 0) is 4.84 Å². The molecule has 1 fully saturated rings. The monoisotopic (exact) mass is 440 g/mol. The van der Waals surface area contributed by atoms with Crippen LogP contribution < -0.4 is 15.6 Å². The molecule has 1 aliphatic heterocycles. The Bertz CT molecular complexity index is 1320. The number of aryl methyl sites for hydroxylation is 1. The van der Waals surface area contributed by atoms with E-state index in [1.807, 2.05) is 32.9 Å². The summed E-state index contributed by atoms with van der Waals surface area (Å²) in [5.74, 6) is 1.77. The maximum absolute atomic E-state index is 13.1. The van der Waals surface area contributed by atoms with Crippen LogP contribution >= 0.6 is 11.6 Å². The molecule has 8 heteroatoms. The summed E-state index contributed by atoms with van der Waals surface area (Å²) in [6.07, 6.45) is 1.61. The summed E-state index contributed by atoms with van der Waals surface area (Å²) in [7, 11) is 0. The van der Waals surface area contributed by atoms with Crippen LogP contribution in [0.25, 0.3) is 11.0 Å². The van der Waals surface area contributed by atoms with Crippen LogP contribution in [0.3, 0.4) is 0 Å². The Labute approximate surface area is 185 Å². The summed E-state index contributed by atoms with van der Waals surface area (Å²) in [6.45, 7) is 4.58. The highest BCUT2D eigenvalue weighted by atomic mass is 35.5. The predicted molar refractivity (Wildman–Crippen MR) is 118 cm³/mol. The first-order valence-corrected chi connectivity index (χ1v) is 10.5. The third-order valence-corrected chi connectivity index (χ3v) is 5.77. The van der Waals surface area contributed by atoms with Crippen molar-refractivity contribution in [2.24, 2.45) is 4.99 Å². The first-order valence-electron chi connectivity index (χ1n) is 10.7. The van der Waals surface area contributed by atoms with E-state index in [1.165, 1.54) is 0 Å². The summed E-state index contributed by atoms with van der Waals surface area (Å²) < 4.78 is 20.2. The van der Waals surface area contributed by atoms with Crippen molar-refractivity contribution < 1.29 is 15.4 Å². The molecule has 1 saturated carbocycles. The number of hydroxylamine groups is 1. The highest BCUT2D eigenvalue weighted by Gasteiger charge is 2.30. The third-order valence-electron chi connectivity index (χ3n) is 5.56. The number of aliphatic imine (C=N–C) groups is 1. The largest absolute Gasteiger partial charge is 0.483 e. The fraction of sp³-hybridized carbons (Fsp3) is 0.348. The third kappa shape index (κ3) is 3.68. The summed E-state index contributed by atoms with van der Waals surface area (Å²) >= 11 is 6.08. The van der Waals surface area contributed by atoms with Crippen molar-refractivity contribution >= 4 is 28.4 Å². The zero-order valence-corrected chi connectivity index (χ0v) is 18.1. The minimum atomic E-state index is -1.09. The number of nitrogens with one attached hydrogen (secondary N) is 1. The Morgan fingerprint density at radius 3 is 2.84 bits per heavy atom. The van der Waals surface area contributed by atoms with E-state index in [2.05, 4.69) is 15.5 Å². The topological polar surface area (TPSA) is 86.0 Å². The van der Waals surface area contributed by atoms with Crippen molar-refractivity contribution in [3.05, 3.63) is 67.8 Å². The second-order valence-corrected chi connectivity index (χ2v) is 8.36.